The number of nitrogens with one attached hydrogen (secondary N) is 1. The Bertz CT molecular complexity index is 779. The fraction of sp³-hybridized carbons (Fsp3) is 0.200. The first kappa shape index (κ1) is 14.0. The smallest absolute Gasteiger partial charge is 0.274 e. The SMILES string of the molecule is Cc1noc(C(C)NC(=O)c2cc(-c3ccccc3)on2)n1. The van der Waals surface area contributed by atoms with E-state index in [1.54, 1.807) is 19.9 Å². The highest BCUT2D eigenvalue weighted by Gasteiger charge is 2.19. The fourth-order valence-corrected chi connectivity index (χ4v) is 1.94. The normalized spacial score (nSPS) is 12.1. The van der Waals surface area contributed by atoms with Crippen molar-refractivity contribution in [2.75, 3.05) is 0 Å². The maximum atomic E-state index is 12.2. The molecule has 3 rings (SSSR count). The third-order valence-electron chi connectivity index (χ3n) is 3.06. The van der Waals surface area contributed by atoms with E-state index >= 15 is 0 Å². The summed E-state index contributed by atoms with van der Waals surface area (Å²) in [6.07, 6.45) is 0. The third-order valence-corrected chi connectivity index (χ3v) is 3.06. The molecule has 1 atom stereocenters. The highest BCUT2D eigenvalue weighted by molar-refractivity contribution is 5.93. The Labute approximate surface area is 126 Å². The van der Waals surface area contributed by atoms with Gasteiger partial charge in [0.25, 0.3) is 5.91 Å². The Morgan fingerprint density at radius 1 is 1.18 bits per heavy atom. The van der Waals surface area contributed by atoms with Crippen molar-refractivity contribution in [3.05, 3.63) is 53.8 Å². The Morgan fingerprint density at radius 3 is 2.64 bits per heavy atom. The van der Waals surface area contributed by atoms with Crippen LogP contribution < -0.4 is 5.32 Å². The number of aromatic nitrogens is 3. The lowest BCUT2D eigenvalue weighted by Gasteiger charge is -2.07. The molecule has 3 aromatic rings. The summed E-state index contributed by atoms with van der Waals surface area (Å²) in [4.78, 5) is 16.2. The molecule has 0 saturated heterocycles. The van der Waals surface area contributed by atoms with Gasteiger partial charge in [0.1, 0.15) is 6.04 Å². The number of carbonyl (C=O) groups excluding carboxylic acids is 1. The first-order chi connectivity index (χ1) is 10.6. The third kappa shape index (κ3) is 2.88. The summed E-state index contributed by atoms with van der Waals surface area (Å²) in [7, 11) is 0. The van der Waals surface area contributed by atoms with Crippen molar-refractivity contribution in [2.24, 2.45) is 0 Å². The van der Waals surface area contributed by atoms with Crippen molar-refractivity contribution in [1.82, 2.24) is 20.6 Å². The quantitative estimate of drug-likeness (QED) is 0.795. The van der Waals surface area contributed by atoms with Crippen LogP contribution in [0.1, 0.15) is 35.2 Å². The molecule has 0 radical (unpaired) electrons. The Hall–Kier alpha value is -2.96. The minimum Gasteiger partial charge on any atom is -0.355 e. The van der Waals surface area contributed by atoms with Gasteiger partial charge in [0, 0.05) is 11.6 Å². The minimum absolute atomic E-state index is 0.196. The Morgan fingerprint density at radius 2 is 1.95 bits per heavy atom. The zero-order chi connectivity index (χ0) is 15.5. The van der Waals surface area contributed by atoms with Gasteiger partial charge in [-0.15, -0.1) is 0 Å². The largest absolute Gasteiger partial charge is 0.355 e. The Balaban J connectivity index is 1.72. The first-order valence-electron chi connectivity index (χ1n) is 6.76. The Kier molecular flexibility index (Phi) is 3.69. The summed E-state index contributed by atoms with van der Waals surface area (Å²) in [6, 6.07) is 10.6. The molecule has 0 aliphatic heterocycles. The summed E-state index contributed by atoms with van der Waals surface area (Å²) in [5.41, 5.74) is 1.05. The van der Waals surface area contributed by atoms with E-state index < -0.39 is 6.04 Å². The molecule has 1 N–H and O–H groups in total. The number of amides is 1. The van der Waals surface area contributed by atoms with Crippen molar-refractivity contribution < 1.29 is 13.8 Å². The second-order valence-corrected chi connectivity index (χ2v) is 4.82. The highest BCUT2D eigenvalue weighted by Crippen LogP contribution is 2.20. The van der Waals surface area contributed by atoms with E-state index in [0.29, 0.717) is 17.5 Å². The minimum atomic E-state index is -0.412. The number of carbonyl (C=O) groups is 1. The number of nitrogens with zero attached hydrogens (tertiary/aromatic N) is 3. The summed E-state index contributed by atoms with van der Waals surface area (Å²) in [5.74, 6) is 1.03. The molecule has 0 spiro atoms. The fourth-order valence-electron chi connectivity index (χ4n) is 1.94. The number of hydrogen-bond donors (Lipinski definition) is 1. The molecule has 1 amide bonds. The van der Waals surface area contributed by atoms with Gasteiger partial charge in [-0.25, -0.2) is 0 Å². The van der Waals surface area contributed by atoms with Crippen molar-refractivity contribution >= 4 is 5.91 Å². The molecule has 1 unspecified atom stereocenters. The van der Waals surface area contributed by atoms with Gasteiger partial charge < -0.3 is 14.4 Å². The van der Waals surface area contributed by atoms with Crippen LogP contribution in [0, 0.1) is 6.92 Å². The van der Waals surface area contributed by atoms with Crippen LogP contribution in [0.5, 0.6) is 0 Å². The number of rotatable bonds is 4. The second-order valence-electron chi connectivity index (χ2n) is 4.82. The van der Waals surface area contributed by atoms with E-state index in [2.05, 4.69) is 20.6 Å². The predicted molar refractivity (Wildman–Crippen MR) is 76.9 cm³/mol. The monoisotopic (exact) mass is 298 g/mol. The molecule has 112 valence electrons. The lowest BCUT2D eigenvalue weighted by atomic mass is 10.1. The summed E-state index contributed by atoms with van der Waals surface area (Å²) >= 11 is 0. The molecule has 22 heavy (non-hydrogen) atoms. The number of aryl methyl sites for hydroxylation is 1. The zero-order valence-corrected chi connectivity index (χ0v) is 12.1. The van der Waals surface area contributed by atoms with Gasteiger partial charge in [-0.3, -0.25) is 4.79 Å². The molecule has 0 saturated carbocycles. The van der Waals surface area contributed by atoms with E-state index in [9.17, 15) is 4.79 Å². The van der Waals surface area contributed by atoms with Gasteiger partial charge in [0.15, 0.2) is 17.3 Å². The van der Waals surface area contributed by atoms with E-state index in [0.717, 1.165) is 5.56 Å². The second kappa shape index (κ2) is 5.80. The molecule has 7 heteroatoms. The van der Waals surface area contributed by atoms with Gasteiger partial charge in [-0.05, 0) is 13.8 Å². The summed E-state index contributed by atoms with van der Waals surface area (Å²) in [6.45, 7) is 3.47. The molecular weight excluding hydrogens is 284 g/mol. The molecule has 1 aromatic carbocycles. The van der Waals surface area contributed by atoms with Crippen molar-refractivity contribution in [2.45, 2.75) is 19.9 Å². The molecule has 2 aromatic heterocycles. The number of hydrogen-bond acceptors (Lipinski definition) is 6. The zero-order valence-electron chi connectivity index (χ0n) is 12.1. The van der Waals surface area contributed by atoms with E-state index in [4.69, 9.17) is 9.05 Å². The molecule has 0 fully saturated rings. The van der Waals surface area contributed by atoms with Gasteiger partial charge in [0.2, 0.25) is 5.89 Å². The van der Waals surface area contributed by atoms with Crippen LogP contribution in [-0.4, -0.2) is 21.2 Å². The van der Waals surface area contributed by atoms with Gasteiger partial charge in [0.05, 0.1) is 0 Å². The molecule has 7 nitrogen and oxygen atoms in total. The van der Waals surface area contributed by atoms with Crippen LogP contribution in [0.15, 0.2) is 45.4 Å². The molecule has 0 bridgehead atoms. The van der Waals surface area contributed by atoms with Crippen molar-refractivity contribution in [1.29, 1.82) is 0 Å². The van der Waals surface area contributed by atoms with Crippen LogP contribution >= 0.6 is 0 Å². The lowest BCUT2D eigenvalue weighted by molar-refractivity contribution is 0.0923. The maximum Gasteiger partial charge on any atom is 0.274 e. The molecule has 0 aliphatic carbocycles. The topological polar surface area (TPSA) is 94.1 Å². The molecule has 0 aliphatic rings. The van der Waals surface area contributed by atoms with Crippen LogP contribution in [-0.2, 0) is 0 Å². The van der Waals surface area contributed by atoms with Crippen LogP contribution in [0.3, 0.4) is 0 Å². The van der Waals surface area contributed by atoms with Gasteiger partial charge in [-0.1, -0.05) is 40.6 Å². The highest BCUT2D eigenvalue weighted by atomic mass is 16.5. The van der Waals surface area contributed by atoms with Crippen molar-refractivity contribution in [3.63, 3.8) is 0 Å². The number of benzene rings is 1. The first-order valence-corrected chi connectivity index (χ1v) is 6.76. The maximum absolute atomic E-state index is 12.2. The summed E-state index contributed by atoms with van der Waals surface area (Å²) < 4.78 is 10.2. The van der Waals surface area contributed by atoms with Gasteiger partial charge in [-0.2, -0.15) is 4.98 Å². The molecule has 2 heterocycles. The lowest BCUT2D eigenvalue weighted by Crippen LogP contribution is -2.27. The van der Waals surface area contributed by atoms with E-state index in [1.807, 2.05) is 30.3 Å². The van der Waals surface area contributed by atoms with Crippen LogP contribution in [0.25, 0.3) is 11.3 Å². The average molecular weight is 298 g/mol. The summed E-state index contributed by atoms with van der Waals surface area (Å²) in [5, 5.41) is 10.2. The standard InChI is InChI=1S/C15H14N4O3/c1-9(15-17-10(2)18-22-15)16-14(20)12-8-13(21-19-12)11-6-4-3-5-7-11/h3-9H,1-2H3,(H,16,20). The molecular formula is C15H14N4O3. The van der Waals surface area contributed by atoms with Crippen LogP contribution in [0.2, 0.25) is 0 Å². The average Bonchev–Trinajstić information content (AvgIpc) is 3.17. The van der Waals surface area contributed by atoms with Crippen molar-refractivity contribution in [3.8, 4) is 11.3 Å². The van der Waals surface area contributed by atoms with E-state index in [-0.39, 0.29) is 11.6 Å². The van der Waals surface area contributed by atoms with Crippen LogP contribution in [0.4, 0.5) is 0 Å². The predicted octanol–water partition coefficient (Wildman–Crippen LogP) is 2.52. The van der Waals surface area contributed by atoms with E-state index in [1.165, 1.54) is 0 Å². The van der Waals surface area contributed by atoms with Gasteiger partial charge >= 0.3 is 0 Å².